The molecule has 0 amide bonds. The number of cyclic esters (lactones) is 1. The molecular formula is C35H64NO16P. The topological polar surface area (TPSA) is 244 Å². The monoisotopic (exact) mass is 785 g/mol. The van der Waals surface area contributed by atoms with Crippen molar-refractivity contribution in [1.82, 2.24) is 4.90 Å². The van der Waals surface area contributed by atoms with Crippen molar-refractivity contribution in [2.75, 3.05) is 27.8 Å². The van der Waals surface area contributed by atoms with Gasteiger partial charge < -0.3 is 68.1 Å². The lowest BCUT2D eigenvalue weighted by Gasteiger charge is -2.46. The molecule has 17 nitrogen and oxygen atoms in total. The van der Waals surface area contributed by atoms with Gasteiger partial charge in [-0.2, -0.15) is 0 Å². The van der Waals surface area contributed by atoms with Gasteiger partial charge in [-0.25, -0.2) is 4.57 Å². The number of carbonyl (C=O) groups is 2. The molecule has 4 aliphatic rings. The molecule has 4 saturated heterocycles. The van der Waals surface area contributed by atoms with Crippen LogP contribution in [0.5, 0.6) is 0 Å². The summed E-state index contributed by atoms with van der Waals surface area (Å²) < 4.78 is 51.9. The van der Waals surface area contributed by atoms with E-state index in [1.807, 2.05) is 39.8 Å². The third-order valence-electron chi connectivity index (χ3n) is 11.4. The molecule has 18 heteroatoms. The maximum Gasteiger partial charge on any atom is 0.466 e. The number of phosphoric acid groups is 1. The molecule has 0 saturated carbocycles. The second-order valence-electron chi connectivity index (χ2n) is 15.8. The fourth-order valence-corrected chi connectivity index (χ4v) is 7.89. The summed E-state index contributed by atoms with van der Waals surface area (Å²) in [6, 6.07) is -0.219. The first kappa shape index (κ1) is 46.2. The average molecular weight is 786 g/mol. The molecule has 310 valence electrons. The van der Waals surface area contributed by atoms with Gasteiger partial charge in [0.2, 0.25) is 0 Å². The Labute approximate surface area is 312 Å². The van der Waals surface area contributed by atoms with Gasteiger partial charge in [0.05, 0.1) is 49.1 Å². The molecule has 0 aromatic heterocycles. The summed E-state index contributed by atoms with van der Waals surface area (Å²) in [5.74, 6) is -3.74. The molecule has 4 fully saturated rings. The highest BCUT2D eigenvalue weighted by Crippen LogP contribution is 2.43. The van der Waals surface area contributed by atoms with E-state index < -0.39 is 104 Å². The van der Waals surface area contributed by atoms with Crippen LogP contribution in [0.3, 0.4) is 0 Å². The van der Waals surface area contributed by atoms with Gasteiger partial charge in [0.15, 0.2) is 24.0 Å². The largest absolute Gasteiger partial charge is 0.466 e. The Hall–Kier alpha value is -1.15. The fourth-order valence-electron chi connectivity index (χ4n) is 7.89. The molecule has 4 aliphatic heterocycles. The number of ether oxygens (including phenoxy) is 7. The lowest BCUT2D eigenvalue weighted by Crippen LogP contribution is -2.57. The zero-order valence-electron chi connectivity index (χ0n) is 32.8. The highest BCUT2D eigenvalue weighted by molar-refractivity contribution is 7.45. The molecule has 0 unspecified atom stereocenters. The van der Waals surface area contributed by atoms with Crippen LogP contribution in [0, 0.1) is 29.6 Å². The molecule has 1 spiro atoms. The van der Waals surface area contributed by atoms with Gasteiger partial charge in [-0.1, -0.05) is 27.7 Å². The molecule has 53 heavy (non-hydrogen) atoms. The smallest absolute Gasteiger partial charge is 0.462 e. The zero-order chi connectivity index (χ0) is 40.3. The van der Waals surface area contributed by atoms with Crippen LogP contribution < -0.4 is 0 Å². The van der Waals surface area contributed by atoms with Crippen LogP contribution in [-0.4, -0.2) is 154 Å². The van der Waals surface area contributed by atoms with E-state index in [0.29, 0.717) is 6.42 Å². The number of rotatable bonds is 6. The van der Waals surface area contributed by atoms with Crippen molar-refractivity contribution in [3.63, 3.8) is 0 Å². The Morgan fingerprint density at radius 3 is 1.91 bits per heavy atom. The number of aliphatic hydroxyl groups is 3. The van der Waals surface area contributed by atoms with Crippen LogP contribution in [0.4, 0.5) is 0 Å². The standard InChI is InChI=1S/C35H61NO12.H3O4P/c1-16-14-35(15-43-35)32(40)19(4)27(37)18(3)22(7)46-33(41)21(6)31(47-26-13-25(42-11)28(38)23(8)45-26)20(5)30(16)48-34-29(39)24(36(9)10)12-17(2)44-34;1-5(2,3)4/h16-31,34,37-39H,12-15H2,1-11H3;(H3,1,2,3,4)/t16-,17+,18-,19+,20+,21+,22+,23-,24-,25-,26-,27-,28-,29+,30-,31-,34-,35-;/m0./s1. The molecular weight excluding hydrogens is 721 g/mol. The molecule has 0 aromatic carbocycles. The van der Waals surface area contributed by atoms with Crippen molar-refractivity contribution in [1.29, 1.82) is 0 Å². The van der Waals surface area contributed by atoms with Crippen molar-refractivity contribution in [2.45, 2.75) is 154 Å². The van der Waals surface area contributed by atoms with Crippen LogP contribution in [-0.2, 0) is 47.3 Å². The van der Waals surface area contributed by atoms with Gasteiger partial charge in [0, 0.05) is 37.3 Å². The Morgan fingerprint density at radius 1 is 0.792 bits per heavy atom. The number of Topliss-reactive ketones (excluding diaryl/α,β-unsaturated/α-hetero) is 1. The maximum atomic E-state index is 13.9. The van der Waals surface area contributed by atoms with E-state index in [0.717, 1.165) is 0 Å². The molecule has 0 aromatic rings. The second kappa shape index (κ2) is 18.9. The first-order valence-electron chi connectivity index (χ1n) is 18.4. The van der Waals surface area contributed by atoms with Crippen molar-refractivity contribution in [2.24, 2.45) is 29.6 Å². The van der Waals surface area contributed by atoms with E-state index >= 15 is 0 Å². The normalized spacial score (nSPS) is 46.3. The summed E-state index contributed by atoms with van der Waals surface area (Å²) in [5.41, 5.74) is -1.10. The number of likely N-dealkylation sites (N-methyl/N-ethyl adjacent to an activating group) is 1. The maximum absolute atomic E-state index is 13.9. The third kappa shape index (κ3) is 11.9. The fraction of sp³-hybridized carbons (Fsp3) is 0.943. The van der Waals surface area contributed by atoms with E-state index in [-0.39, 0.29) is 43.3 Å². The van der Waals surface area contributed by atoms with E-state index in [4.69, 9.17) is 52.4 Å². The molecule has 4 rings (SSSR count). The Bertz CT molecular complexity index is 1240. The summed E-state index contributed by atoms with van der Waals surface area (Å²) >= 11 is 0. The van der Waals surface area contributed by atoms with Gasteiger partial charge in [-0.3, -0.25) is 9.59 Å². The van der Waals surface area contributed by atoms with Gasteiger partial charge in [-0.15, -0.1) is 0 Å². The van der Waals surface area contributed by atoms with E-state index in [9.17, 15) is 24.9 Å². The number of ketones is 1. The van der Waals surface area contributed by atoms with Crippen LogP contribution in [0.15, 0.2) is 0 Å². The first-order chi connectivity index (χ1) is 24.4. The molecule has 0 bridgehead atoms. The van der Waals surface area contributed by atoms with Crippen molar-refractivity contribution in [3.05, 3.63) is 0 Å². The molecule has 0 aliphatic carbocycles. The summed E-state index contributed by atoms with van der Waals surface area (Å²) in [5, 5.41) is 33.3. The van der Waals surface area contributed by atoms with Crippen LogP contribution in [0.25, 0.3) is 0 Å². The number of aliphatic hydroxyl groups excluding tert-OH is 3. The number of epoxide rings is 1. The number of hydrogen-bond acceptors (Lipinski definition) is 14. The summed E-state index contributed by atoms with van der Waals surface area (Å²) in [6.07, 6.45) is -7.15. The predicted molar refractivity (Wildman–Crippen MR) is 188 cm³/mol. The lowest BCUT2D eigenvalue weighted by molar-refractivity contribution is -0.299. The van der Waals surface area contributed by atoms with Crippen molar-refractivity contribution >= 4 is 19.6 Å². The number of hydrogen-bond donors (Lipinski definition) is 6. The number of methoxy groups -OCH3 is 1. The highest BCUT2D eigenvalue weighted by Gasteiger charge is 2.57. The predicted octanol–water partition coefficient (Wildman–Crippen LogP) is 0.980. The zero-order valence-corrected chi connectivity index (χ0v) is 33.7. The van der Waals surface area contributed by atoms with Gasteiger partial charge in [0.1, 0.15) is 18.3 Å². The summed E-state index contributed by atoms with van der Waals surface area (Å²) in [7, 11) is 0.685. The van der Waals surface area contributed by atoms with E-state index in [2.05, 4.69) is 0 Å². The van der Waals surface area contributed by atoms with Crippen LogP contribution in [0.1, 0.15) is 74.7 Å². The number of nitrogens with zero attached hydrogens (tertiary/aromatic N) is 1. The Morgan fingerprint density at radius 2 is 1.38 bits per heavy atom. The minimum absolute atomic E-state index is 0.198. The van der Waals surface area contributed by atoms with Gasteiger partial charge >= 0.3 is 13.8 Å². The van der Waals surface area contributed by atoms with Gasteiger partial charge in [-0.05, 0) is 60.5 Å². The first-order valence-corrected chi connectivity index (χ1v) is 20.0. The Kier molecular flexibility index (Phi) is 16.5. The van der Waals surface area contributed by atoms with Crippen LogP contribution >= 0.6 is 7.82 Å². The Balaban J connectivity index is 0.00000141. The molecule has 4 heterocycles. The minimum Gasteiger partial charge on any atom is -0.462 e. The van der Waals surface area contributed by atoms with Crippen molar-refractivity contribution in [3.8, 4) is 0 Å². The van der Waals surface area contributed by atoms with Crippen molar-refractivity contribution < 1.29 is 77.3 Å². The van der Waals surface area contributed by atoms with E-state index in [1.165, 1.54) is 7.11 Å². The SMILES string of the molecule is CO[C@H]1C[C@H](O[C@H]2[C@H](C)[C@@H](O[C@@H]3O[C@H](C)C[C@H](N(C)C)[C@H]3O)[C@@H](C)C[C@]3(CO3)C(=O)[C@H](C)[C@@H](O)[C@@H](C)[C@@H](C)OC(=O)[C@@H]2C)O[C@@H](C)[C@@H]1O.O=P(O)(O)O. The minimum atomic E-state index is -4.64. The van der Waals surface area contributed by atoms with Gasteiger partial charge in [0.25, 0.3) is 0 Å². The summed E-state index contributed by atoms with van der Waals surface area (Å²) in [4.78, 5) is 51.2. The molecule has 6 N–H and O–H groups in total. The molecule has 0 radical (unpaired) electrons. The number of esters is 1. The van der Waals surface area contributed by atoms with E-state index in [1.54, 1.807) is 34.6 Å². The van der Waals surface area contributed by atoms with Crippen LogP contribution in [0.2, 0.25) is 0 Å². The number of carbonyl (C=O) groups excluding carboxylic acids is 2. The third-order valence-corrected chi connectivity index (χ3v) is 11.4. The average Bonchev–Trinajstić information content (AvgIpc) is 3.85. The summed E-state index contributed by atoms with van der Waals surface area (Å²) in [6.45, 7) is 14.6. The second-order valence-corrected chi connectivity index (χ2v) is 16.8. The quantitative estimate of drug-likeness (QED) is 0.125. The molecule has 18 atom stereocenters. The lowest BCUT2D eigenvalue weighted by atomic mass is 9.76. The highest BCUT2D eigenvalue weighted by atomic mass is 31.2.